The molecular formula is C16H21NO2. The second-order valence-corrected chi connectivity index (χ2v) is 5.89. The van der Waals surface area contributed by atoms with Crippen molar-refractivity contribution in [3.8, 4) is 5.75 Å². The van der Waals surface area contributed by atoms with Crippen molar-refractivity contribution in [1.82, 2.24) is 5.32 Å². The van der Waals surface area contributed by atoms with Crippen molar-refractivity contribution in [2.24, 2.45) is 0 Å². The lowest BCUT2D eigenvalue weighted by atomic mass is 9.85. The summed E-state index contributed by atoms with van der Waals surface area (Å²) >= 11 is 0. The lowest BCUT2D eigenvalue weighted by Crippen LogP contribution is -2.14. The zero-order valence-corrected chi connectivity index (χ0v) is 12.0. The third kappa shape index (κ3) is 2.98. The molecule has 1 aromatic rings. The fourth-order valence-electron chi connectivity index (χ4n) is 2.28. The Morgan fingerprint density at radius 3 is 2.58 bits per heavy atom. The summed E-state index contributed by atoms with van der Waals surface area (Å²) in [6.45, 7) is 7.21. The van der Waals surface area contributed by atoms with E-state index in [1.807, 2.05) is 18.2 Å². The maximum Gasteiger partial charge on any atom is 0.247 e. The fraction of sp³-hybridized carbons (Fsp3) is 0.438. The van der Waals surface area contributed by atoms with E-state index in [9.17, 15) is 4.79 Å². The number of hydrogen-bond acceptors (Lipinski definition) is 2. The lowest BCUT2D eigenvalue weighted by Gasteiger charge is -2.22. The molecule has 1 saturated heterocycles. The zero-order valence-electron chi connectivity index (χ0n) is 12.0. The third-order valence-corrected chi connectivity index (χ3v) is 3.34. The molecule has 102 valence electrons. The number of amides is 1. The third-order valence-electron chi connectivity index (χ3n) is 3.34. The van der Waals surface area contributed by atoms with Crippen molar-refractivity contribution in [2.75, 3.05) is 13.7 Å². The molecule has 3 nitrogen and oxygen atoms in total. The van der Waals surface area contributed by atoms with Crippen LogP contribution in [0.2, 0.25) is 0 Å². The number of nitrogens with one attached hydrogen (secondary N) is 1. The SMILES string of the molecule is COc1ccc(C=C2CCNC2=O)cc1C(C)(C)C. The molecule has 0 bridgehead atoms. The average molecular weight is 259 g/mol. The number of hydrogen-bond donors (Lipinski definition) is 1. The predicted molar refractivity (Wildman–Crippen MR) is 77.3 cm³/mol. The summed E-state index contributed by atoms with van der Waals surface area (Å²) in [5, 5.41) is 2.83. The van der Waals surface area contributed by atoms with Crippen molar-refractivity contribution < 1.29 is 9.53 Å². The van der Waals surface area contributed by atoms with Crippen LogP contribution >= 0.6 is 0 Å². The fourth-order valence-corrected chi connectivity index (χ4v) is 2.28. The monoisotopic (exact) mass is 259 g/mol. The minimum absolute atomic E-state index is 0.0117. The highest BCUT2D eigenvalue weighted by atomic mass is 16.5. The molecule has 0 unspecified atom stereocenters. The number of methoxy groups -OCH3 is 1. The molecular weight excluding hydrogens is 238 g/mol. The van der Waals surface area contributed by atoms with E-state index in [2.05, 4.69) is 32.2 Å². The van der Waals surface area contributed by atoms with Gasteiger partial charge in [-0.1, -0.05) is 26.8 Å². The molecule has 0 aliphatic carbocycles. The van der Waals surface area contributed by atoms with Crippen LogP contribution in [0.3, 0.4) is 0 Å². The Kier molecular flexibility index (Phi) is 3.65. The van der Waals surface area contributed by atoms with Gasteiger partial charge in [0.25, 0.3) is 0 Å². The van der Waals surface area contributed by atoms with Crippen molar-refractivity contribution >= 4 is 12.0 Å². The van der Waals surface area contributed by atoms with Gasteiger partial charge in [-0.05, 0) is 35.6 Å². The molecule has 1 aliphatic heterocycles. The van der Waals surface area contributed by atoms with E-state index in [1.165, 1.54) is 0 Å². The molecule has 2 rings (SSSR count). The molecule has 1 aromatic carbocycles. The van der Waals surface area contributed by atoms with Gasteiger partial charge in [-0.2, -0.15) is 0 Å². The molecule has 1 heterocycles. The molecule has 1 amide bonds. The van der Waals surface area contributed by atoms with E-state index in [-0.39, 0.29) is 11.3 Å². The van der Waals surface area contributed by atoms with Crippen LogP contribution in [0.1, 0.15) is 38.3 Å². The van der Waals surface area contributed by atoms with E-state index in [1.54, 1.807) is 7.11 Å². The minimum atomic E-state index is 0.0117. The maximum atomic E-state index is 11.6. The normalized spacial score (nSPS) is 17.7. The maximum absolute atomic E-state index is 11.6. The summed E-state index contributed by atoms with van der Waals surface area (Å²) in [6.07, 6.45) is 2.77. The predicted octanol–water partition coefficient (Wildman–Crippen LogP) is 2.90. The summed E-state index contributed by atoms with van der Waals surface area (Å²) in [5.74, 6) is 0.943. The Morgan fingerprint density at radius 1 is 1.32 bits per heavy atom. The van der Waals surface area contributed by atoms with Crippen LogP contribution in [0.5, 0.6) is 5.75 Å². The van der Waals surface area contributed by atoms with Gasteiger partial charge in [0.05, 0.1) is 7.11 Å². The van der Waals surface area contributed by atoms with E-state index in [0.717, 1.165) is 35.4 Å². The standard InChI is InChI=1S/C16H21NO2/c1-16(2,3)13-10-11(5-6-14(13)19-4)9-12-7-8-17-15(12)18/h5-6,9-10H,7-8H2,1-4H3,(H,17,18). The molecule has 0 aromatic heterocycles. The van der Waals surface area contributed by atoms with Crippen LogP contribution in [0.15, 0.2) is 23.8 Å². The summed E-state index contributed by atoms with van der Waals surface area (Å²) < 4.78 is 5.42. The molecule has 19 heavy (non-hydrogen) atoms. The summed E-state index contributed by atoms with van der Waals surface area (Å²) in [4.78, 5) is 11.6. The summed E-state index contributed by atoms with van der Waals surface area (Å²) in [7, 11) is 1.69. The Bertz CT molecular complexity index is 524. The Morgan fingerprint density at radius 2 is 2.05 bits per heavy atom. The Labute approximate surface area is 114 Å². The summed E-state index contributed by atoms with van der Waals surface area (Å²) in [6, 6.07) is 6.07. The second-order valence-electron chi connectivity index (χ2n) is 5.89. The first kappa shape index (κ1) is 13.7. The van der Waals surface area contributed by atoms with Gasteiger partial charge in [0.1, 0.15) is 5.75 Å². The second kappa shape index (κ2) is 5.08. The number of carbonyl (C=O) groups excluding carboxylic acids is 1. The quantitative estimate of drug-likeness (QED) is 0.829. The van der Waals surface area contributed by atoms with Crippen LogP contribution in [0.4, 0.5) is 0 Å². The van der Waals surface area contributed by atoms with Crippen LogP contribution in [0, 0.1) is 0 Å². The zero-order chi connectivity index (χ0) is 14.0. The molecule has 3 heteroatoms. The Hall–Kier alpha value is -1.77. The number of benzene rings is 1. The van der Waals surface area contributed by atoms with Crippen molar-refractivity contribution in [2.45, 2.75) is 32.6 Å². The first-order chi connectivity index (χ1) is 8.91. The smallest absolute Gasteiger partial charge is 0.247 e. The Balaban J connectivity index is 2.41. The van der Waals surface area contributed by atoms with Gasteiger partial charge in [0.15, 0.2) is 0 Å². The molecule has 1 N–H and O–H groups in total. The summed E-state index contributed by atoms with van der Waals surface area (Å²) in [5.41, 5.74) is 3.07. The highest BCUT2D eigenvalue weighted by Gasteiger charge is 2.20. The van der Waals surface area contributed by atoms with E-state index < -0.39 is 0 Å². The first-order valence-electron chi connectivity index (χ1n) is 6.59. The molecule has 0 atom stereocenters. The number of ether oxygens (including phenoxy) is 1. The van der Waals surface area contributed by atoms with Gasteiger partial charge in [-0.25, -0.2) is 0 Å². The van der Waals surface area contributed by atoms with Gasteiger partial charge < -0.3 is 10.1 Å². The molecule has 1 fully saturated rings. The van der Waals surface area contributed by atoms with Crippen molar-refractivity contribution in [3.05, 3.63) is 34.9 Å². The first-order valence-corrected chi connectivity index (χ1v) is 6.59. The van der Waals surface area contributed by atoms with E-state index >= 15 is 0 Å². The molecule has 0 saturated carbocycles. The van der Waals surface area contributed by atoms with Gasteiger partial charge in [0, 0.05) is 17.7 Å². The topological polar surface area (TPSA) is 38.3 Å². The van der Waals surface area contributed by atoms with E-state index in [4.69, 9.17) is 4.74 Å². The highest BCUT2D eigenvalue weighted by Crippen LogP contribution is 2.32. The van der Waals surface area contributed by atoms with Gasteiger partial charge in [0.2, 0.25) is 5.91 Å². The molecule has 0 radical (unpaired) electrons. The highest BCUT2D eigenvalue weighted by molar-refractivity contribution is 5.99. The minimum Gasteiger partial charge on any atom is -0.496 e. The van der Waals surface area contributed by atoms with Crippen LogP contribution in [0.25, 0.3) is 6.08 Å². The van der Waals surface area contributed by atoms with Crippen molar-refractivity contribution in [1.29, 1.82) is 0 Å². The largest absolute Gasteiger partial charge is 0.496 e. The van der Waals surface area contributed by atoms with Gasteiger partial charge in [-0.15, -0.1) is 0 Å². The van der Waals surface area contributed by atoms with Crippen LogP contribution in [-0.4, -0.2) is 19.6 Å². The van der Waals surface area contributed by atoms with E-state index in [0.29, 0.717) is 0 Å². The van der Waals surface area contributed by atoms with Crippen LogP contribution < -0.4 is 10.1 Å². The molecule has 1 aliphatic rings. The van der Waals surface area contributed by atoms with Crippen LogP contribution in [-0.2, 0) is 10.2 Å². The van der Waals surface area contributed by atoms with Gasteiger partial charge in [-0.3, -0.25) is 4.79 Å². The molecule has 0 spiro atoms. The average Bonchev–Trinajstić information content (AvgIpc) is 2.74. The van der Waals surface area contributed by atoms with Gasteiger partial charge >= 0.3 is 0 Å². The lowest BCUT2D eigenvalue weighted by molar-refractivity contribution is -0.116. The number of rotatable bonds is 2. The van der Waals surface area contributed by atoms with Crippen molar-refractivity contribution in [3.63, 3.8) is 0 Å². The number of carbonyl (C=O) groups is 1.